The summed E-state index contributed by atoms with van der Waals surface area (Å²) >= 11 is 3.57. The van der Waals surface area contributed by atoms with Gasteiger partial charge in [0.05, 0.1) is 25.6 Å². The first-order valence-electron chi connectivity index (χ1n) is 6.96. The van der Waals surface area contributed by atoms with Gasteiger partial charge in [-0.05, 0) is 39.7 Å². The molecule has 0 bridgehead atoms. The molecule has 2 aromatic rings. The van der Waals surface area contributed by atoms with E-state index in [1.54, 1.807) is 13.3 Å². The van der Waals surface area contributed by atoms with Crippen molar-refractivity contribution in [3.8, 4) is 5.75 Å². The van der Waals surface area contributed by atoms with Gasteiger partial charge in [-0.3, -0.25) is 0 Å². The smallest absolute Gasteiger partial charge is 0.123 e. The molecule has 1 N–H and O–H groups in total. The molecule has 4 nitrogen and oxygen atoms in total. The number of halogens is 1. The molecular formula is C17H20BrN3O. The average Bonchev–Trinajstić information content (AvgIpc) is 2.51. The molecule has 0 amide bonds. The van der Waals surface area contributed by atoms with Crippen molar-refractivity contribution in [3.05, 3.63) is 58.1 Å². The fourth-order valence-electron chi connectivity index (χ4n) is 2.07. The SMILES string of the molecule is COc1ccccc1CN/N=C\c1ccc(N(C)C)c(Br)c1. The van der Waals surface area contributed by atoms with Gasteiger partial charge in [-0.2, -0.15) is 5.10 Å². The van der Waals surface area contributed by atoms with E-state index < -0.39 is 0 Å². The second-order valence-corrected chi connectivity index (χ2v) is 5.86. The zero-order valence-corrected chi connectivity index (χ0v) is 14.6. The molecule has 0 spiro atoms. The standard InChI is InChI=1S/C17H20BrN3O/c1-21(2)16-9-8-13(10-15(16)18)11-19-20-12-14-6-4-5-7-17(14)22-3/h4-11,20H,12H2,1-3H3/b19-11-. The van der Waals surface area contributed by atoms with Crippen LogP contribution in [0.2, 0.25) is 0 Å². The van der Waals surface area contributed by atoms with Gasteiger partial charge in [0, 0.05) is 24.1 Å². The number of hydrogen-bond acceptors (Lipinski definition) is 4. The molecule has 5 heteroatoms. The summed E-state index contributed by atoms with van der Waals surface area (Å²) in [5, 5.41) is 4.26. The van der Waals surface area contributed by atoms with Crippen LogP contribution in [0.3, 0.4) is 0 Å². The minimum atomic E-state index is 0.622. The summed E-state index contributed by atoms with van der Waals surface area (Å²) < 4.78 is 6.36. The van der Waals surface area contributed by atoms with Gasteiger partial charge in [0.2, 0.25) is 0 Å². The molecule has 0 radical (unpaired) electrons. The number of anilines is 1. The minimum absolute atomic E-state index is 0.622. The molecule has 0 aromatic heterocycles. The Balaban J connectivity index is 1.97. The maximum absolute atomic E-state index is 5.31. The third-order valence-electron chi connectivity index (χ3n) is 3.22. The van der Waals surface area contributed by atoms with E-state index in [9.17, 15) is 0 Å². The molecule has 22 heavy (non-hydrogen) atoms. The van der Waals surface area contributed by atoms with Gasteiger partial charge in [-0.1, -0.05) is 24.3 Å². The first-order valence-corrected chi connectivity index (χ1v) is 7.76. The molecule has 0 aliphatic heterocycles. The van der Waals surface area contributed by atoms with Gasteiger partial charge in [-0.25, -0.2) is 0 Å². The minimum Gasteiger partial charge on any atom is -0.496 e. The molecule has 0 aliphatic carbocycles. The first-order chi connectivity index (χ1) is 10.6. The second-order valence-electron chi connectivity index (χ2n) is 5.01. The number of hydrazone groups is 1. The Labute approximate surface area is 139 Å². The highest BCUT2D eigenvalue weighted by Crippen LogP contribution is 2.25. The molecule has 0 unspecified atom stereocenters. The molecule has 2 rings (SSSR count). The van der Waals surface area contributed by atoms with Crippen LogP contribution in [0, 0.1) is 0 Å². The third-order valence-corrected chi connectivity index (χ3v) is 3.86. The highest BCUT2D eigenvalue weighted by Gasteiger charge is 2.02. The van der Waals surface area contributed by atoms with Crippen molar-refractivity contribution in [1.82, 2.24) is 5.43 Å². The van der Waals surface area contributed by atoms with Crippen LogP contribution in [-0.2, 0) is 6.54 Å². The second kappa shape index (κ2) is 7.84. The summed E-state index contributed by atoms with van der Waals surface area (Å²) in [4.78, 5) is 2.06. The molecule has 0 atom stereocenters. The highest BCUT2D eigenvalue weighted by molar-refractivity contribution is 9.10. The summed E-state index contributed by atoms with van der Waals surface area (Å²) in [6.45, 7) is 0.622. The molecule has 2 aromatic carbocycles. The van der Waals surface area contributed by atoms with Crippen molar-refractivity contribution in [2.45, 2.75) is 6.54 Å². The van der Waals surface area contributed by atoms with Crippen molar-refractivity contribution in [2.24, 2.45) is 5.10 Å². The largest absolute Gasteiger partial charge is 0.496 e. The Morgan fingerprint density at radius 1 is 1.23 bits per heavy atom. The first kappa shape index (κ1) is 16.4. The van der Waals surface area contributed by atoms with Crippen LogP contribution in [0.15, 0.2) is 52.0 Å². The average molecular weight is 362 g/mol. The number of ether oxygens (including phenoxy) is 1. The highest BCUT2D eigenvalue weighted by atomic mass is 79.9. The Kier molecular flexibility index (Phi) is 5.83. The van der Waals surface area contributed by atoms with Gasteiger partial charge in [0.15, 0.2) is 0 Å². The Morgan fingerprint density at radius 2 is 2.00 bits per heavy atom. The topological polar surface area (TPSA) is 36.9 Å². The summed E-state index contributed by atoms with van der Waals surface area (Å²) in [7, 11) is 5.71. The summed E-state index contributed by atoms with van der Waals surface area (Å²) in [5.41, 5.74) is 6.29. The van der Waals surface area contributed by atoms with Crippen LogP contribution in [0.5, 0.6) is 5.75 Å². The van der Waals surface area contributed by atoms with Crippen molar-refractivity contribution in [3.63, 3.8) is 0 Å². The monoisotopic (exact) mass is 361 g/mol. The quantitative estimate of drug-likeness (QED) is 0.630. The maximum Gasteiger partial charge on any atom is 0.123 e. The lowest BCUT2D eigenvalue weighted by Gasteiger charge is -2.14. The lowest BCUT2D eigenvalue weighted by Crippen LogP contribution is -2.09. The lowest BCUT2D eigenvalue weighted by molar-refractivity contribution is 0.408. The molecule has 0 aliphatic rings. The summed E-state index contributed by atoms with van der Waals surface area (Å²) in [5.74, 6) is 0.864. The predicted octanol–water partition coefficient (Wildman–Crippen LogP) is 3.65. The van der Waals surface area contributed by atoms with Gasteiger partial charge < -0.3 is 15.1 Å². The van der Waals surface area contributed by atoms with Crippen molar-refractivity contribution in [2.75, 3.05) is 26.1 Å². The fraction of sp³-hybridized carbons (Fsp3) is 0.235. The molecule has 0 saturated carbocycles. The van der Waals surface area contributed by atoms with Crippen LogP contribution in [0.25, 0.3) is 0 Å². The van der Waals surface area contributed by atoms with Crippen LogP contribution >= 0.6 is 15.9 Å². The van der Waals surface area contributed by atoms with Crippen LogP contribution in [0.4, 0.5) is 5.69 Å². The number of hydrogen-bond donors (Lipinski definition) is 1. The van der Waals surface area contributed by atoms with E-state index >= 15 is 0 Å². The predicted molar refractivity (Wildman–Crippen MR) is 95.9 cm³/mol. The van der Waals surface area contributed by atoms with Gasteiger partial charge in [0.1, 0.15) is 5.75 Å². The molecular weight excluding hydrogens is 342 g/mol. The summed E-state index contributed by atoms with van der Waals surface area (Å²) in [6.07, 6.45) is 1.81. The molecule has 116 valence electrons. The van der Waals surface area contributed by atoms with Crippen LogP contribution < -0.4 is 15.1 Å². The Morgan fingerprint density at radius 3 is 2.68 bits per heavy atom. The molecule has 0 saturated heterocycles. The zero-order valence-electron chi connectivity index (χ0n) is 13.0. The number of nitrogens with zero attached hydrogens (tertiary/aromatic N) is 2. The number of para-hydroxylation sites is 1. The molecule has 0 heterocycles. The summed E-state index contributed by atoms with van der Waals surface area (Å²) in [6, 6.07) is 14.0. The van der Waals surface area contributed by atoms with Crippen molar-refractivity contribution in [1.29, 1.82) is 0 Å². The van der Waals surface area contributed by atoms with Crippen LogP contribution in [0.1, 0.15) is 11.1 Å². The maximum atomic E-state index is 5.31. The number of rotatable bonds is 6. The van der Waals surface area contributed by atoms with E-state index in [1.807, 2.05) is 50.5 Å². The van der Waals surface area contributed by atoms with Gasteiger partial charge in [0.25, 0.3) is 0 Å². The van der Waals surface area contributed by atoms with Gasteiger partial charge >= 0.3 is 0 Å². The lowest BCUT2D eigenvalue weighted by atomic mass is 10.2. The number of methoxy groups -OCH3 is 1. The Bertz CT molecular complexity index is 656. The van der Waals surface area contributed by atoms with E-state index in [1.165, 1.54) is 0 Å². The third kappa shape index (κ3) is 4.24. The van der Waals surface area contributed by atoms with Crippen molar-refractivity contribution >= 4 is 27.8 Å². The van der Waals surface area contributed by atoms with E-state index in [2.05, 4.69) is 37.4 Å². The van der Waals surface area contributed by atoms with E-state index in [0.717, 1.165) is 27.0 Å². The Hall–Kier alpha value is -2.01. The van der Waals surface area contributed by atoms with E-state index in [4.69, 9.17) is 4.74 Å². The number of nitrogens with one attached hydrogen (secondary N) is 1. The van der Waals surface area contributed by atoms with Gasteiger partial charge in [-0.15, -0.1) is 0 Å². The van der Waals surface area contributed by atoms with Crippen molar-refractivity contribution < 1.29 is 4.74 Å². The zero-order chi connectivity index (χ0) is 15.9. The normalized spacial score (nSPS) is 10.7. The molecule has 0 fully saturated rings. The number of benzene rings is 2. The van der Waals surface area contributed by atoms with E-state index in [-0.39, 0.29) is 0 Å². The van der Waals surface area contributed by atoms with Crippen LogP contribution in [-0.4, -0.2) is 27.4 Å². The fourth-order valence-corrected chi connectivity index (χ4v) is 2.82. The van der Waals surface area contributed by atoms with E-state index in [0.29, 0.717) is 6.54 Å².